The van der Waals surface area contributed by atoms with Crippen molar-refractivity contribution in [3.63, 3.8) is 0 Å². The quantitative estimate of drug-likeness (QED) is 0.0163. The van der Waals surface area contributed by atoms with Gasteiger partial charge in [-0.15, -0.1) is 0 Å². The van der Waals surface area contributed by atoms with Gasteiger partial charge in [-0.25, -0.2) is 14.4 Å². The van der Waals surface area contributed by atoms with Crippen molar-refractivity contribution in [2.24, 2.45) is 11.7 Å². The first-order valence-electron chi connectivity index (χ1n) is 30.2. The highest BCUT2D eigenvalue weighted by molar-refractivity contribution is 6.74. The molecule has 2 aliphatic heterocycles. The highest BCUT2D eigenvalue weighted by Crippen LogP contribution is 2.41. The lowest BCUT2D eigenvalue weighted by Gasteiger charge is -2.38. The Bertz CT molecular complexity index is 2930. The Balaban J connectivity index is 1.22. The van der Waals surface area contributed by atoms with Gasteiger partial charge in [0.05, 0.1) is 62.4 Å². The van der Waals surface area contributed by atoms with Crippen molar-refractivity contribution in [1.29, 1.82) is 0 Å². The molecule has 88 heavy (non-hydrogen) atoms. The maximum Gasteiger partial charge on any atom is 0.411 e. The highest BCUT2D eigenvalue weighted by Gasteiger charge is 2.42. The van der Waals surface area contributed by atoms with Crippen molar-refractivity contribution >= 4 is 69.9 Å². The van der Waals surface area contributed by atoms with E-state index in [9.17, 15) is 38.7 Å². The van der Waals surface area contributed by atoms with E-state index in [-0.39, 0.29) is 106 Å². The van der Waals surface area contributed by atoms with Crippen LogP contribution in [0.4, 0.5) is 25.8 Å². The van der Waals surface area contributed by atoms with Crippen LogP contribution >= 0.6 is 0 Å². The molecule has 5 rings (SSSR count). The van der Waals surface area contributed by atoms with E-state index in [1.54, 1.807) is 47.9 Å². The summed E-state index contributed by atoms with van der Waals surface area (Å²) in [5, 5.41) is 21.9. The van der Waals surface area contributed by atoms with Crippen molar-refractivity contribution in [2.75, 3.05) is 63.9 Å². The summed E-state index contributed by atoms with van der Waals surface area (Å²) in [6, 6.07) is 9.72. The number of anilines is 2. The molecule has 0 radical (unpaired) electrons. The van der Waals surface area contributed by atoms with E-state index < -0.39 is 64.7 Å². The van der Waals surface area contributed by atoms with E-state index in [1.807, 2.05) is 0 Å². The Morgan fingerprint density at radius 2 is 1.25 bits per heavy atom. The Kier molecular flexibility index (Phi) is 25.7. The number of nitrogens with one attached hydrogen (secondary N) is 4. The van der Waals surface area contributed by atoms with Gasteiger partial charge in [0.1, 0.15) is 31.0 Å². The number of likely N-dealkylation sites (tertiary alicyclic amines) is 2. The number of alkyl carbamates (subject to hydrolysis) is 1. The Morgan fingerprint density at radius 3 is 1.77 bits per heavy atom. The van der Waals surface area contributed by atoms with E-state index in [0.717, 1.165) is 19.3 Å². The third-order valence-electron chi connectivity index (χ3n) is 16.6. The first-order chi connectivity index (χ1) is 41.3. The number of hydrogen-bond donors (Lipinski definition) is 6. The topological polar surface area (TPSA) is 294 Å². The second-order valence-corrected chi connectivity index (χ2v) is 35.3. The number of benzene rings is 3. The summed E-state index contributed by atoms with van der Waals surface area (Å²) in [6.45, 7) is 31.9. The number of methoxy groups -OCH3 is 1. The number of carbonyl (C=O) groups is 7. The summed E-state index contributed by atoms with van der Waals surface area (Å²) in [5.41, 5.74) is 6.60. The predicted octanol–water partition coefficient (Wildman–Crippen LogP) is 10.9. The van der Waals surface area contributed by atoms with E-state index in [1.165, 1.54) is 44.4 Å². The molecule has 0 saturated carbocycles. The second-order valence-electron chi connectivity index (χ2n) is 25.6. The first kappa shape index (κ1) is 71.4. The first-order valence-corrected chi connectivity index (χ1v) is 36.0. The summed E-state index contributed by atoms with van der Waals surface area (Å²) in [4.78, 5) is 96.1. The normalized spacial score (nSPS) is 16.0. The van der Waals surface area contributed by atoms with E-state index in [0.29, 0.717) is 63.2 Å². The van der Waals surface area contributed by atoms with Gasteiger partial charge in [-0.2, -0.15) is 0 Å². The lowest BCUT2D eigenvalue weighted by molar-refractivity contribution is -0.128. The van der Waals surface area contributed by atoms with Gasteiger partial charge in [0.2, 0.25) is 11.8 Å². The average molecular weight is 1260 g/mol. The summed E-state index contributed by atoms with van der Waals surface area (Å²) in [7, 11) is -2.81. The molecular weight excluding hydrogens is 1170 g/mol. The standard InChI is InChI=1S/C63H95N7O16Si2/c1-16-30-82-61(78)68-54(40(2)3)56(73)65-41(4)55(72)66-43-26-24-42(25-27-43)37-83-60(77)67-48-35-51(49(71)33-46(48)57(74)69-28-20-22-44(69)38-84-87(12,13)62(5,6)7)80-31-18-17-19-32-81-53-36-50(86-59(64)76)47(34-52(53)79-11)58(75)70-29-21-23-45(70)39-85-88(14,15)63(8,9)10/h16,24-27,33-36,40-41,44-45,54,71H,1,17-23,28-32,37-39H2,2-15H3,(H2,64,76)(H,65,73)(H,66,72)(H,67,77)(H,68,78). The van der Waals surface area contributed by atoms with Crippen molar-refractivity contribution < 1.29 is 75.9 Å². The number of carbonyl (C=O) groups excluding carboxylic acids is 7. The minimum atomic E-state index is -2.17. The molecule has 23 nitrogen and oxygen atoms in total. The third kappa shape index (κ3) is 20.1. The molecular formula is C63H95N7O16Si2. The van der Waals surface area contributed by atoms with Crippen molar-refractivity contribution in [3.8, 4) is 28.7 Å². The number of primary amides is 1. The average Bonchev–Trinajstić information content (AvgIpc) is 3.72. The summed E-state index contributed by atoms with van der Waals surface area (Å²) >= 11 is 0. The molecule has 25 heteroatoms. The predicted molar refractivity (Wildman–Crippen MR) is 340 cm³/mol. The Labute approximate surface area is 520 Å². The second kappa shape index (κ2) is 31.7. The van der Waals surface area contributed by atoms with Crippen LogP contribution in [0.5, 0.6) is 28.7 Å². The Hall–Kier alpha value is -7.36. The van der Waals surface area contributed by atoms with Gasteiger partial charge in [-0.3, -0.25) is 24.5 Å². The number of phenols is 1. The molecule has 0 aliphatic carbocycles. The van der Waals surface area contributed by atoms with Crippen LogP contribution in [0.2, 0.25) is 36.3 Å². The van der Waals surface area contributed by atoms with Crippen molar-refractivity contribution in [1.82, 2.24) is 20.4 Å². The van der Waals surface area contributed by atoms with Gasteiger partial charge >= 0.3 is 18.3 Å². The van der Waals surface area contributed by atoms with Crippen LogP contribution < -0.4 is 45.9 Å². The molecule has 4 unspecified atom stereocenters. The van der Waals surface area contributed by atoms with Gasteiger partial charge in [0, 0.05) is 37.0 Å². The maximum atomic E-state index is 14.5. The molecule has 0 spiro atoms. The summed E-state index contributed by atoms with van der Waals surface area (Å²) in [6.07, 6.45) is 3.26. The van der Waals surface area contributed by atoms with E-state index in [4.69, 9.17) is 43.0 Å². The van der Waals surface area contributed by atoms with Crippen LogP contribution in [0.3, 0.4) is 0 Å². The van der Waals surface area contributed by atoms with E-state index >= 15 is 0 Å². The molecule has 7 amide bonds. The fourth-order valence-corrected chi connectivity index (χ4v) is 11.3. The molecule has 2 aliphatic rings. The monoisotopic (exact) mass is 1260 g/mol. The van der Waals surface area contributed by atoms with Gasteiger partial charge in [0.25, 0.3) is 11.8 Å². The largest absolute Gasteiger partial charge is 0.504 e. The van der Waals surface area contributed by atoms with Crippen LogP contribution in [0.15, 0.2) is 61.2 Å². The number of nitrogens with zero attached hydrogens (tertiary/aromatic N) is 2. The van der Waals surface area contributed by atoms with Crippen LogP contribution in [0, 0.1) is 5.92 Å². The molecule has 2 heterocycles. The van der Waals surface area contributed by atoms with E-state index in [2.05, 4.69) is 95.6 Å². The van der Waals surface area contributed by atoms with Crippen molar-refractivity contribution in [3.05, 3.63) is 77.9 Å². The van der Waals surface area contributed by atoms with Gasteiger partial charge in [0.15, 0.2) is 39.6 Å². The summed E-state index contributed by atoms with van der Waals surface area (Å²) < 4.78 is 46.8. The number of phenolic OH excluding ortho intramolecular Hbond substituents is 1. The SMILES string of the molecule is C=CCOC(=O)NC(C(=O)NC(C)C(=O)Nc1ccc(COC(=O)Nc2cc(OCCCCCOc3cc(OC(N)=O)c(C(=O)N4CCCC4CO[Si](C)(C)C(C)(C)C)cc3OC)c(O)cc2C(=O)N2CCCC2CO[Si](C)(C)C(C)(C)C)cc1)C(C)C. The number of amides is 7. The van der Waals surface area contributed by atoms with Crippen LogP contribution in [0.1, 0.15) is 134 Å². The smallest absolute Gasteiger partial charge is 0.411 e. The number of nitrogens with two attached hydrogens (primary N) is 1. The zero-order valence-electron chi connectivity index (χ0n) is 53.9. The zero-order valence-corrected chi connectivity index (χ0v) is 55.9. The molecule has 3 aromatic carbocycles. The van der Waals surface area contributed by atoms with Crippen LogP contribution in [-0.2, 0) is 34.5 Å². The molecule has 2 saturated heterocycles. The molecule has 0 aromatic heterocycles. The summed E-state index contributed by atoms with van der Waals surface area (Å²) in [5.74, 6) is -2.04. The molecule has 4 atom stereocenters. The Morgan fingerprint density at radius 1 is 0.693 bits per heavy atom. The number of hydrogen-bond acceptors (Lipinski definition) is 16. The molecule has 0 bridgehead atoms. The third-order valence-corrected chi connectivity index (χ3v) is 25.6. The van der Waals surface area contributed by atoms with Crippen LogP contribution in [-0.4, -0.2) is 151 Å². The minimum absolute atomic E-state index is 0.00423. The lowest BCUT2D eigenvalue weighted by Crippen LogP contribution is -2.53. The molecule has 7 N–H and O–H groups in total. The molecule has 2 fully saturated rings. The highest BCUT2D eigenvalue weighted by atomic mass is 28.4. The lowest BCUT2D eigenvalue weighted by atomic mass is 10.0. The van der Waals surface area contributed by atoms with Gasteiger partial charge in [-0.1, -0.05) is 80.2 Å². The number of aromatic hydroxyl groups is 1. The fraction of sp³-hybridized carbons (Fsp3) is 0.571. The van der Waals surface area contributed by atoms with Crippen LogP contribution in [0.25, 0.3) is 0 Å². The van der Waals surface area contributed by atoms with Crippen molar-refractivity contribution in [2.45, 2.75) is 174 Å². The van der Waals surface area contributed by atoms with Gasteiger partial charge < -0.3 is 73.9 Å². The minimum Gasteiger partial charge on any atom is -0.504 e. The fourth-order valence-electron chi connectivity index (χ4n) is 9.22. The zero-order chi connectivity index (χ0) is 65.3. The number of rotatable bonds is 29. The number of unbranched alkanes of at least 4 members (excludes halogenated alkanes) is 2. The van der Waals surface area contributed by atoms with Gasteiger partial charge in [-0.05, 0) is 118 Å². The molecule has 486 valence electrons. The maximum absolute atomic E-state index is 14.5. The molecule has 3 aromatic rings. The number of ether oxygens (including phenoxy) is 6.